The zero-order chi connectivity index (χ0) is 22.5. The molecule has 1 amide bonds. The highest BCUT2D eigenvalue weighted by Crippen LogP contribution is 2.42. The van der Waals surface area contributed by atoms with Gasteiger partial charge in [0.2, 0.25) is 0 Å². The van der Waals surface area contributed by atoms with Gasteiger partial charge in [-0.15, -0.1) is 0 Å². The molecule has 1 unspecified atom stereocenters. The number of nitrogens with zero attached hydrogens (tertiary/aromatic N) is 2. The molecular formula is C23H25ClN2O5. The minimum absolute atomic E-state index is 0.0194. The Labute approximate surface area is 186 Å². The van der Waals surface area contributed by atoms with Gasteiger partial charge in [-0.1, -0.05) is 37.4 Å². The lowest BCUT2D eigenvalue weighted by Crippen LogP contribution is -2.30. The number of hydrogen-bond acceptors (Lipinski definition) is 6. The van der Waals surface area contributed by atoms with Gasteiger partial charge in [0.05, 0.1) is 36.4 Å². The highest BCUT2D eigenvalue weighted by molar-refractivity contribution is 6.46. The fraction of sp³-hybridized carbons (Fsp3) is 0.348. The third-order valence-electron chi connectivity index (χ3n) is 5.27. The molecular weight excluding hydrogens is 420 g/mol. The van der Waals surface area contributed by atoms with Gasteiger partial charge < -0.3 is 19.5 Å². The van der Waals surface area contributed by atoms with Crippen LogP contribution in [0.3, 0.4) is 0 Å². The first-order chi connectivity index (χ1) is 14.9. The van der Waals surface area contributed by atoms with Crippen molar-refractivity contribution in [3.8, 4) is 11.5 Å². The third-order valence-corrected chi connectivity index (χ3v) is 5.57. The van der Waals surface area contributed by atoms with Crippen LogP contribution in [-0.2, 0) is 9.59 Å². The van der Waals surface area contributed by atoms with Crippen molar-refractivity contribution < 1.29 is 24.2 Å². The first-order valence-electron chi connectivity index (χ1n) is 10.0. The van der Waals surface area contributed by atoms with Crippen molar-refractivity contribution >= 4 is 29.1 Å². The molecule has 1 aromatic heterocycles. The number of aromatic nitrogens is 1. The van der Waals surface area contributed by atoms with E-state index in [2.05, 4.69) is 11.9 Å². The van der Waals surface area contributed by atoms with Crippen LogP contribution in [0.4, 0.5) is 0 Å². The van der Waals surface area contributed by atoms with Crippen LogP contribution in [0.25, 0.3) is 5.76 Å². The molecule has 8 heteroatoms. The lowest BCUT2D eigenvalue weighted by molar-refractivity contribution is -0.139. The molecule has 0 aliphatic carbocycles. The van der Waals surface area contributed by atoms with E-state index in [4.69, 9.17) is 21.1 Å². The van der Waals surface area contributed by atoms with Gasteiger partial charge in [0.1, 0.15) is 17.3 Å². The summed E-state index contributed by atoms with van der Waals surface area (Å²) in [5, 5.41) is 11.4. The standard InChI is InChI=1S/C23H25ClN2O5/c1-4-5-6-10-26-20(14-8-7-9-25-13-14)19(22(28)23(26)29)21(27)15-11-16(24)18(31-3)12-17(15)30-2/h7-9,11-13,20,27H,4-6,10H2,1-3H3/b21-19+. The maximum Gasteiger partial charge on any atom is 0.295 e. The molecule has 1 aliphatic rings. The number of aliphatic hydroxyl groups excluding tert-OH is 1. The number of Topliss-reactive ketones (excluding diaryl/α,β-unsaturated/α-hetero) is 1. The van der Waals surface area contributed by atoms with E-state index in [0.29, 0.717) is 17.9 Å². The Bertz CT molecular complexity index is 1010. The Kier molecular flexibility index (Phi) is 7.17. The Balaban J connectivity index is 2.18. The van der Waals surface area contributed by atoms with Crippen molar-refractivity contribution in [1.29, 1.82) is 0 Å². The van der Waals surface area contributed by atoms with Crippen molar-refractivity contribution in [1.82, 2.24) is 9.88 Å². The molecule has 1 fully saturated rings. The van der Waals surface area contributed by atoms with E-state index in [1.54, 1.807) is 24.5 Å². The molecule has 7 nitrogen and oxygen atoms in total. The zero-order valence-electron chi connectivity index (χ0n) is 17.7. The number of likely N-dealkylation sites (tertiary alicyclic amines) is 1. The second kappa shape index (κ2) is 9.83. The summed E-state index contributed by atoms with van der Waals surface area (Å²) in [4.78, 5) is 31.5. The molecule has 31 heavy (non-hydrogen) atoms. The fourth-order valence-electron chi connectivity index (χ4n) is 3.72. The average Bonchev–Trinajstić information content (AvgIpc) is 3.04. The average molecular weight is 445 g/mol. The summed E-state index contributed by atoms with van der Waals surface area (Å²) in [7, 11) is 2.89. The first-order valence-corrected chi connectivity index (χ1v) is 10.4. The summed E-state index contributed by atoms with van der Waals surface area (Å²) >= 11 is 6.25. The number of pyridine rings is 1. The van der Waals surface area contributed by atoms with Gasteiger partial charge >= 0.3 is 0 Å². The Morgan fingerprint density at radius 3 is 2.55 bits per heavy atom. The van der Waals surface area contributed by atoms with Crippen molar-refractivity contribution in [3.05, 3.63) is 58.4 Å². The molecule has 1 atom stereocenters. The number of aliphatic hydroxyl groups is 1. The molecule has 0 spiro atoms. The normalized spacial score (nSPS) is 17.8. The van der Waals surface area contributed by atoms with Gasteiger partial charge in [-0.05, 0) is 24.1 Å². The van der Waals surface area contributed by atoms with Crippen LogP contribution in [0.5, 0.6) is 11.5 Å². The Morgan fingerprint density at radius 2 is 1.94 bits per heavy atom. The van der Waals surface area contributed by atoms with E-state index in [1.807, 2.05) is 0 Å². The number of carbonyl (C=O) groups is 2. The van der Waals surface area contributed by atoms with Crippen LogP contribution in [-0.4, -0.2) is 47.4 Å². The summed E-state index contributed by atoms with van der Waals surface area (Å²) in [6.07, 6.45) is 5.85. The van der Waals surface area contributed by atoms with Crippen LogP contribution in [0.15, 0.2) is 42.2 Å². The summed E-state index contributed by atoms with van der Waals surface area (Å²) in [6.45, 7) is 2.46. The van der Waals surface area contributed by atoms with Crippen LogP contribution < -0.4 is 9.47 Å². The summed E-state index contributed by atoms with van der Waals surface area (Å²) < 4.78 is 10.6. The van der Waals surface area contributed by atoms with Gasteiger partial charge in [0.15, 0.2) is 0 Å². The molecule has 1 N–H and O–H groups in total. The topological polar surface area (TPSA) is 89.0 Å². The van der Waals surface area contributed by atoms with Gasteiger partial charge in [-0.3, -0.25) is 14.6 Å². The van der Waals surface area contributed by atoms with Crippen molar-refractivity contribution in [2.75, 3.05) is 20.8 Å². The minimum atomic E-state index is -0.754. The van der Waals surface area contributed by atoms with Crippen molar-refractivity contribution in [2.45, 2.75) is 32.2 Å². The maximum absolute atomic E-state index is 13.0. The number of halogens is 1. The van der Waals surface area contributed by atoms with E-state index >= 15 is 0 Å². The molecule has 1 aromatic carbocycles. The first kappa shape index (κ1) is 22.6. The second-order valence-corrected chi connectivity index (χ2v) is 7.58. The van der Waals surface area contributed by atoms with Crippen LogP contribution in [0.2, 0.25) is 5.02 Å². The number of benzene rings is 1. The Morgan fingerprint density at radius 1 is 1.19 bits per heavy atom. The van der Waals surface area contributed by atoms with Gasteiger partial charge in [-0.25, -0.2) is 0 Å². The van der Waals surface area contributed by atoms with Crippen molar-refractivity contribution in [2.24, 2.45) is 0 Å². The Hall–Kier alpha value is -3.06. The van der Waals surface area contributed by atoms with E-state index in [0.717, 1.165) is 19.3 Å². The number of rotatable bonds is 8. The quantitative estimate of drug-likeness (QED) is 0.281. The maximum atomic E-state index is 13.0. The minimum Gasteiger partial charge on any atom is -0.507 e. The van der Waals surface area contributed by atoms with Crippen LogP contribution in [0.1, 0.15) is 43.4 Å². The number of hydrogen-bond donors (Lipinski definition) is 1. The number of ketones is 1. The molecule has 2 heterocycles. The molecule has 1 saturated heterocycles. The summed E-state index contributed by atoms with van der Waals surface area (Å²) in [5.41, 5.74) is 0.820. The van der Waals surface area contributed by atoms with Gasteiger partial charge in [0.25, 0.3) is 11.7 Å². The predicted molar refractivity (Wildman–Crippen MR) is 117 cm³/mol. The van der Waals surface area contributed by atoms with Gasteiger partial charge in [0, 0.05) is 25.0 Å². The lowest BCUT2D eigenvalue weighted by atomic mass is 9.96. The van der Waals surface area contributed by atoms with Crippen LogP contribution in [0, 0.1) is 0 Å². The molecule has 0 radical (unpaired) electrons. The second-order valence-electron chi connectivity index (χ2n) is 7.17. The molecule has 0 bridgehead atoms. The monoisotopic (exact) mass is 444 g/mol. The summed E-state index contributed by atoms with van der Waals surface area (Å²) in [5.74, 6) is -1.13. The SMILES string of the molecule is CCCCCN1C(=O)C(=O)/C(=C(/O)c2cc(Cl)c(OC)cc2OC)C1c1cccnc1. The van der Waals surface area contributed by atoms with Crippen molar-refractivity contribution in [3.63, 3.8) is 0 Å². The molecule has 2 aromatic rings. The molecule has 0 saturated carbocycles. The predicted octanol–water partition coefficient (Wildman–Crippen LogP) is 4.36. The number of ether oxygens (including phenoxy) is 2. The largest absolute Gasteiger partial charge is 0.507 e. The number of carbonyl (C=O) groups excluding carboxylic acids is 2. The lowest BCUT2D eigenvalue weighted by Gasteiger charge is -2.25. The number of unbranched alkanes of at least 4 members (excludes halogenated alkanes) is 2. The van der Waals surface area contributed by atoms with E-state index < -0.39 is 17.7 Å². The molecule has 3 rings (SSSR count). The summed E-state index contributed by atoms with van der Waals surface area (Å²) in [6, 6.07) is 5.73. The highest BCUT2D eigenvalue weighted by Gasteiger charge is 2.46. The number of amides is 1. The molecule has 1 aliphatic heterocycles. The smallest absolute Gasteiger partial charge is 0.295 e. The fourth-order valence-corrected chi connectivity index (χ4v) is 3.96. The van der Waals surface area contributed by atoms with E-state index in [1.165, 1.54) is 31.3 Å². The zero-order valence-corrected chi connectivity index (χ0v) is 18.5. The highest BCUT2D eigenvalue weighted by atomic mass is 35.5. The van der Waals surface area contributed by atoms with E-state index in [9.17, 15) is 14.7 Å². The third kappa shape index (κ3) is 4.37. The number of methoxy groups -OCH3 is 2. The molecule has 164 valence electrons. The van der Waals surface area contributed by atoms with Gasteiger partial charge in [-0.2, -0.15) is 0 Å². The van der Waals surface area contributed by atoms with E-state index in [-0.39, 0.29) is 27.7 Å². The van der Waals surface area contributed by atoms with Crippen LogP contribution >= 0.6 is 11.6 Å².